The Balaban J connectivity index is 2.32. The van der Waals surface area contributed by atoms with Crippen molar-refractivity contribution in [2.45, 2.75) is 13.3 Å². The molecule has 0 aliphatic carbocycles. The van der Waals surface area contributed by atoms with Crippen LogP contribution in [-0.2, 0) is 11.2 Å². The lowest BCUT2D eigenvalue weighted by Gasteiger charge is -1.96. The molecular formula is C10H8N4OS. The summed E-state index contributed by atoms with van der Waals surface area (Å²) in [4.78, 5) is 17.9. The van der Waals surface area contributed by atoms with Crippen LogP contribution < -0.4 is 0 Å². The smallest absolute Gasteiger partial charge is 0.223 e. The number of azide groups is 1. The number of thiazole rings is 1. The third kappa shape index (κ3) is 2.18. The molecule has 16 heavy (non-hydrogen) atoms. The number of amides is 1. The highest BCUT2D eigenvalue weighted by Gasteiger charge is 2.04. The van der Waals surface area contributed by atoms with Crippen LogP contribution in [0.1, 0.15) is 10.6 Å². The van der Waals surface area contributed by atoms with E-state index in [0.717, 1.165) is 20.8 Å². The molecule has 0 radical (unpaired) electrons. The standard InChI is InChI=1S/C10H8N4OS/c1-6-12-8-4-7(2-3-9(8)16-6)5-10(15)13-14-11/h2-4H,5H2,1H3. The molecule has 6 heteroatoms. The number of aryl methyl sites for hydroxylation is 1. The van der Waals surface area contributed by atoms with Gasteiger partial charge in [0.1, 0.15) is 0 Å². The monoisotopic (exact) mass is 232 g/mol. The van der Waals surface area contributed by atoms with E-state index in [1.54, 1.807) is 11.3 Å². The number of hydrogen-bond donors (Lipinski definition) is 0. The van der Waals surface area contributed by atoms with Gasteiger partial charge in [0.15, 0.2) is 0 Å². The van der Waals surface area contributed by atoms with Crippen molar-refractivity contribution in [3.05, 3.63) is 39.2 Å². The van der Waals surface area contributed by atoms with E-state index in [9.17, 15) is 4.79 Å². The van der Waals surface area contributed by atoms with Crippen LogP contribution in [-0.4, -0.2) is 10.9 Å². The van der Waals surface area contributed by atoms with E-state index in [0.29, 0.717) is 0 Å². The van der Waals surface area contributed by atoms with E-state index in [-0.39, 0.29) is 6.42 Å². The normalized spacial score (nSPS) is 10.1. The molecule has 0 N–H and O–H groups in total. The van der Waals surface area contributed by atoms with E-state index in [2.05, 4.69) is 15.0 Å². The second-order valence-electron chi connectivity index (χ2n) is 3.29. The van der Waals surface area contributed by atoms with Crippen LogP contribution in [0.25, 0.3) is 20.7 Å². The summed E-state index contributed by atoms with van der Waals surface area (Å²) in [6.07, 6.45) is 0.122. The Morgan fingerprint density at radius 1 is 1.62 bits per heavy atom. The summed E-state index contributed by atoms with van der Waals surface area (Å²) >= 11 is 1.61. The maximum atomic E-state index is 11.1. The Kier molecular flexibility index (Phi) is 2.85. The highest BCUT2D eigenvalue weighted by molar-refractivity contribution is 7.18. The molecule has 0 spiro atoms. The summed E-state index contributed by atoms with van der Waals surface area (Å²) in [5, 5.41) is 4.02. The summed E-state index contributed by atoms with van der Waals surface area (Å²) in [7, 11) is 0. The molecule has 0 fully saturated rings. The van der Waals surface area contributed by atoms with Gasteiger partial charge < -0.3 is 0 Å². The number of fused-ring (bicyclic) bond motifs is 1. The molecule has 2 aromatic rings. The fraction of sp³-hybridized carbons (Fsp3) is 0.200. The number of aromatic nitrogens is 1. The predicted octanol–water partition coefficient (Wildman–Crippen LogP) is 2.98. The zero-order valence-electron chi connectivity index (χ0n) is 8.54. The first kappa shape index (κ1) is 10.6. The van der Waals surface area contributed by atoms with Crippen LogP contribution in [0.15, 0.2) is 23.3 Å². The summed E-state index contributed by atoms with van der Waals surface area (Å²) in [5.41, 5.74) is 9.81. The first-order valence-corrected chi connectivity index (χ1v) is 5.44. The maximum Gasteiger partial charge on any atom is 0.223 e. The fourth-order valence-electron chi connectivity index (χ4n) is 1.46. The van der Waals surface area contributed by atoms with Gasteiger partial charge in [-0.15, -0.1) is 11.3 Å². The first-order valence-electron chi connectivity index (χ1n) is 4.63. The third-order valence-electron chi connectivity index (χ3n) is 2.07. The van der Waals surface area contributed by atoms with Crippen LogP contribution in [0, 0.1) is 6.92 Å². The minimum atomic E-state index is -0.478. The third-order valence-corrected chi connectivity index (χ3v) is 3.02. The molecule has 0 unspecified atom stereocenters. The molecule has 1 aromatic carbocycles. The molecule has 80 valence electrons. The van der Waals surface area contributed by atoms with Gasteiger partial charge in [-0.05, 0) is 35.3 Å². The summed E-state index contributed by atoms with van der Waals surface area (Å²) in [6, 6.07) is 5.63. The lowest BCUT2D eigenvalue weighted by atomic mass is 10.1. The Labute approximate surface area is 95.4 Å². The molecule has 0 bridgehead atoms. The van der Waals surface area contributed by atoms with E-state index >= 15 is 0 Å². The zero-order valence-corrected chi connectivity index (χ0v) is 9.36. The van der Waals surface area contributed by atoms with Crippen LogP contribution in [0.3, 0.4) is 0 Å². The highest BCUT2D eigenvalue weighted by Crippen LogP contribution is 2.22. The van der Waals surface area contributed by atoms with Gasteiger partial charge >= 0.3 is 0 Å². The molecule has 0 atom stereocenters. The van der Waals surface area contributed by atoms with Gasteiger partial charge in [0, 0.05) is 11.3 Å². The molecule has 1 amide bonds. The Hall–Kier alpha value is -1.91. The molecule has 0 aliphatic heterocycles. The number of hydrogen-bond acceptors (Lipinski definition) is 3. The molecule has 1 heterocycles. The van der Waals surface area contributed by atoms with Crippen LogP contribution in [0.2, 0.25) is 0 Å². The van der Waals surface area contributed by atoms with Crippen molar-refractivity contribution in [3.63, 3.8) is 0 Å². The van der Waals surface area contributed by atoms with E-state index in [4.69, 9.17) is 5.53 Å². The molecule has 0 saturated carbocycles. The SMILES string of the molecule is Cc1nc2cc(CC(=O)N=[N+]=[N-])ccc2s1. The maximum absolute atomic E-state index is 11.1. The number of carbonyl (C=O) groups excluding carboxylic acids is 1. The van der Waals surface area contributed by atoms with Crippen molar-refractivity contribution in [2.75, 3.05) is 0 Å². The number of rotatable bonds is 2. The fourth-order valence-corrected chi connectivity index (χ4v) is 2.27. The second-order valence-corrected chi connectivity index (χ2v) is 4.53. The van der Waals surface area contributed by atoms with Crippen LogP contribution in [0.4, 0.5) is 0 Å². The lowest BCUT2D eigenvalue weighted by Crippen LogP contribution is -1.96. The molecular weight excluding hydrogens is 224 g/mol. The van der Waals surface area contributed by atoms with Gasteiger partial charge in [-0.3, -0.25) is 4.79 Å². The minimum absolute atomic E-state index is 0.122. The topological polar surface area (TPSA) is 78.7 Å². The summed E-state index contributed by atoms with van der Waals surface area (Å²) in [6.45, 7) is 1.94. The molecule has 2 rings (SSSR count). The van der Waals surface area contributed by atoms with Crippen LogP contribution >= 0.6 is 11.3 Å². The van der Waals surface area contributed by atoms with Gasteiger partial charge in [0.05, 0.1) is 15.2 Å². The van der Waals surface area contributed by atoms with Crippen molar-refractivity contribution in [1.29, 1.82) is 0 Å². The zero-order chi connectivity index (χ0) is 11.5. The van der Waals surface area contributed by atoms with Crippen molar-refractivity contribution >= 4 is 27.5 Å². The number of benzene rings is 1. The van der Waals surface area contributed by atoms with Gasteiger partial charge in [-0.1, -0.05) is 6.07 Å². The quantitative estimate of drug-likeness (QED) is 0.453. The highest BCUT2D eigenvalue weighted by atomic mass is 32.1. The van der Waals surface area contributed by atoms with Gasteiger partial charge in [-0.2, -0.15) is 0 Å². The number of nitrogens with zero attached hydrogens (tertiary/aromatic N) is 4. The second kappa shape index (κ2) is 4.30. The summed E-state index contributed by atoms with van der Waals surface area (Å²) in [5.74, 6) is -0.478. The van der Waals surface area contributed by atoms with Gasteiger partial charge in [0.25, 0.3) is 0 Å². The molecule has 0 aliphatic rings. The Morgan fingerprint density at radius 3 is 3.19 bits per heavy atom. The van der Waals surface area contributed by atoms with Crippen molar-refractivity contribution in [1.82, 2.24) is 4.98 Å². The van der Waals surface area contributed by atoms with Crippen molar-refractivity contribution < 1.29 is 4.79 Å². The minimum Gasteiger partial charge on any atom is -0.292 e. The average Bonchev–Trinajstić information content (AvgIpc) is 2.57. The molecule has 5 nitrogen and oxygen atoms in total. The van der Waals surface area contributed by atoms with Crippen molar-refractivity contribution in [3.8, 4) is 0 Å². The molecule has 1 aromatic heterocycles. The van der Waals surface area contributed by atoms with E-state index in [1.807, 2.05) is 25.1 Å². The van der Waals surface area contributed by atoms with Crippen molar-refractivity contribution in [2.24, 2.45) is 5.11 Å². The largest absolute Gasteiger partial charge is 0.292 e. The summed E-state index contributed by atoms with van der Waals surface area (Å²) < 4.78 is 1.09. The van der Waals surface area contributed by atoms with Crippen LogP contribution in [0.5, 0.6) is 0 Å². The van der Waals surface area contributed by atoms with E-state index < -0.39 is 5.91 Å². The lowest BCUT2D eigenvalue weighted by molar-refractivity contribution is -0.117. The Morgan fingerprint density at radius 2 is 2.44 bits per heavy atom. The van der Waals surface area contributed by atoms with Gasteiger partial charge in [-0.25, -0.2) is 4.98 Å². The Bertz CT molecular complexity index is 598. The predicted molar refractivity (Wildman–Crippen MR) is 62.2 cm³/mol. The molecule has 0 saturated heterocycles. The van der Waals surface area contributed by atoms with E-state index in [1.165, 1.54) is 0 Å². The number of carbonyl (C=O) groups is 1. The first-order chi connectivity index (χ1) is 7.69. The average molecular weight is 232 g/mol. The van der Waals surface area contributed by atoms with Gasteiger partial charge in [0.2, 0.25) is 5.91 Å².